The summed E-state index contributed by atoms with van der Waals surface area (Å²) in [6, 6.07) is 0.562. The second kappa shape index (κ2) is 7.02. The van der Waals surface area contributed by atoms with Crippen molar-refractivity contribution in [2.75, 3.05) is 39.9 Å². The molecule has 0 N–H and O–H groups in total. The average molecular weight is 350 g/mol. The summed E-state index contributed by atoms with van der Waals surface area (Å²) in [4.78, 5) is 10.1. The van der Waals surface area contributed by atoms with Crippen LogP contribution in [-0.2, 0) is 11.3 Å². The molecular formula is C19H31N3OS. The molecule has 3 aliphatic rings. The number of piperidine rings is 1. The standard InChI is InChI=1S/C19H31N3OS/c1-15-20-17(13-24-15)11-22-14-19(9-18(22)12-23-2)5-7-21(8-6-19)10-16-3-4-16/h13,16,18H,3-12,14H2,1-2H3/t18-/m1/s1. The van der Waals surface area contributed by atoms with Crippen LogP contribution in [0, 0.1) is 18.3 Å². The number of hydrogen-bond donors (Lipinski definition) is 0. The van der Waals surface area contributed by atoms with Crippen LogP contribution >= 0.6 is 11.3 Å². The third-order valence-electron chi connectivity index (χ3n) is 6.24. The lowest BCUT2D eigenvalue weighted by atomic mass is 9.76. The van der Waals surface area contributed by atoms with Crippen molar-refractivity contribution >= 4 is 11.3 Å². The van der Waals surface area contributed by atoms with Crippen LogP contribution in [-0.4, -0.2) is 60.7 Å². The van der Waals surface area contributed by atoms with E-state index in [-0.39, 0.29) is 0 Å². The van der Waals surface area contributed by atoms with E-state index >= 15 is 0 Å². The van der Waals surface area contributed by atoms with Gasteiger partial charge in [0, 0.05) is 38.2 Å². The van der Waals surface area contributed by atoms with E-state index in [0.29, 0.717) is 11.5 Å². The third-order valence-corrected chi connectivity index (χ3v) is 7.07. The Labute approximate surface area is 150 Å². The van der Waals surface area contributed by atoms with Gasteiger partial charge in [-0.3, -0.25) is 4.90 Å². The average Bonchev–Trinajstić information content (AvgIpc) is 3.20. The van der Waals surface area contributed by atoms with Crippen molar-refractivity contribution in [3.63, 3.8) is 0 Å². The highest BCUT2D eigenvalue weighted by Gasteiger charge is 2.45. The summed E-state index contributed by atoms with van der Waals surface area (Å²) in [6.07, 6.45) is 6.98. The first kappa shape index (κ1) is 17.0. The van der Waals surface area contributed by atoms with E-state index in [9.17, 15) is 0 Å². The van der Waals surface area contributed by atoms with Gasteiger partial charge in [0.15, 0.2) is 0 Å². The molecule has 1 saturated carbocycles. The number of rotatable bonds is 6. The van der Waals surface area contributed by atoms with Crippen LogP contribution < -0.4 is 0 Å². The Bertz CT molecular complexity index is 549. The normalized spacial score (nSPS) is 28.0. The summed E-state index contributed by atoms with van der Waals surface area (Å²) in [5.41, 5.74) is 1.76. The highest BCUT2D eigenvalue weighted by molar-refractivity contribution is 7.09. The maximum atomic E-state index is 5.55. The van der Waals surface area contributed by atoms with E-state index in [2.05, 4.69) is 27.1 Å². The molecule has 1 atom stereocenters. The molecule has 24 heavy (non-hydrogen) atoms. The number of aromatic nitrogens is 1. The van der Waals surface area contributed by atoms with Gasteiger partial charge >= 0.3 is 0 Å². The minimum Gasteiger partial charge on any atom is -0.383 e. The number of aryl methyl sites for hydroxylation is 1. The number of ether oxygens (including phenoxy) is 1. The maximum Gasteiger partial charge on any atom is 0.0897 e. The van der Waals surface area contributed by atoms with Crippen LogP contribution in [0.2, 0.25) is 0 Å². The minimum absolute atomic E-state index is 0.522. The zero-order chi connectivity index (χ0) is 16.6. The molecule has 3 heterocycles. The Morgan fingerprint density at radius 1 is 1.33 bits per heavy atom. The van der Waals surface area contributed by atoms with Crippen molar-refractivity contribution in [1.82, 2.24) is 14.8 Å². The zero-order valence-corrected chi connectivity index (χ0v) is 16.0. The Kier molecular flexibility index (Phi) is 4.96. The molecule has 3 fully saturated rings. The molecule has 134 valence electrons. The lowest BCUT2D eigenvalue weighted by Crippen LogP contribution is -2.42. The van der Waals surface area contributed by atoms with Crippen molar-refractivity contribution < 1.29 is 4.74 Å². The highest BCUT2D eigenvalue weighted by atomic mass is 32.1. The molecular weight excluding hydrogens is 318 g/mol. The number of hydrogen-bond acceptors (Lipinski definition) is 5. The van der Waals surface area contributed by atoms with Gasteiger partial charge in [-0.2, -0.15) is 0 Å². The molecule has 4 rings (SSSR count). The summed E-state index contributed by atoms with van der Waals surface area (Å²) in [5.74, 6) is 1.02. The van der Waals surface area contributed by atoms with Gasteiger partial charge in [0.2, 0.25) is 0 Å². The number of methoxy groups -OCH3 is 1. The van der Waals surface area contributed by atoms with Gasteiger partial charge in [-0.15, -0.1) is 11.3 Å². The Hall–Kier alpha value is -0.490. The smallest absolute Gasteiger partial charge is 0.0897 e. The molecule has 0 bridgehead atoms. The third kappa shape index (κ3) is 3.85. The summed E-state index contributed by atoms with van der Waals surface area (Å²) >= 11 is 1.77. The van der Waals surface area contributed by atoms with Gasteiger partial charge in [0.05, 0.1) is 17.3 Å². The van der Waals surface area contributed by atoms with Crippen LogP contribution in [0.25, 0.3) is 0 Å². The summed E-state index contributed by atoms with van der Waals surface area (Å²) in [6.45, 7) is 9.15. The van der Waals surface area contributed by atoms with E-state index in [4.69, 9.17) is 4.74 Å². The van der Waals surface area contributed by atoms with Crippen molar-refractivity contribution in [1.29, 1.82) is 0 Å². The molecule has 0 unspecified atom stereocenters. The summed E-state index contributed by atoms with van der Waals surface area (Å²) in [7, 11) is 1.84. The first-order chi connectivity index (χ1) is 11.7. The van der Waals surface area contributed by atoms with E-state index < -0.39 is 0 Å². The Morgan fingerprint density at radius 2 is 2.12 bits per heavy atom. The molecule has 0 radical (unpaired) electrons. The van der Waals surface area contributed by atoms with Crippen molar-refractivity contribution in [2.24, 2.45) is 11.3 Å². The fourth-order valence-electron chi connectivity index (χ4n) is 4.72. The molecule has 1 aromatic rings. The first-order valence-electron chi connectivity index (χ1n) is 9.52. The Balaban J connectivity index is 1.38. The number of likely N-dealkylation sites (tertiary alicyclic amines) is 2. The molecule has 1 aromatic heterocycles. The lowest BCUT2D eigenvalue weighted by Gasteiger charge is -2.39. The van der Waals surface area contributed by atoms with Gasteiger partial charge < -0.3 is 9.64 Å². The van der Waals surface area contributed by atoms with Gasteiger partial charge in [0.1, 0.15) is 0 Å². The summed E-state index contributed by atoms with van der Waals surface area (Å²) in [5, 5.41) is 3.40. The first-order valence-corrected chi connectivity index (χ1v) is 10.4. The monoisotopic (exact) mass is 349 g/mol. The molecule has 0 amide bonds. The highest BCUT2D eigenvalue weighted by Crippen LogP contribution is 2.44. The maximum absolute atomic E-state index is 5.55. The summed E-state index contributed by atoms with van der Waals surface area (Å²) < 4.78 is 5.55. The molecule has 1 aliphatic carbocycles. The van der Waals surface area contributed by atoms with Crippen LogP contribution in [0.5, 0.6) is 0 Å². The largest absolute Gasteiger partial charge is 0.383 e. The van der Waals surface area contributed by atoms with Gasteiger partial charge in [0.25, 0.3) is 0 Å². The van der Waals surface area contributed by atoms with Crippen molar-refractivity contribution in [2.45, 2.75) is 51.6 Å². The molecule has 0 aromatic carbocycles. The van der Waals surface area contributed by atoms with Crippen molar-refractivity contribution in [3.8, 4) is 0 Å². The minimum atomic E-state index is 0.522. The molecule has 2 aliphatic heterocycles. The SMILES string of the molecule is COC[C@H]1CC2(CCN(CC3CC3)CC2)CN1Cc1csc(C)n1. The molecule has 4 nitrogen and oxygen atoms in total. The fourth-order valence-corrected chi connectivity index (χ4v) is 5.33. The second-order valence-electron chi connectivity index (χ2n) is 8.32. The number of thiazole rings is 1. The van der Waals surface area contributed by atoms with E-state index in [1.165, 1.54) is 69.0 Å². The Morgan fingerprint density at radius 3 is 2.75 bits per heavy atom. The van der Waals surface area contributed by atoms with E-state index in [1.807, 2.05) is 7.11 Å². The lowest BCUT2D eigenvalue weighted by molar-refractivity contribution is 0.102. The topological polar surface area (TPSA) is 28.6 Å². The molecule has 2 saturated heterocycles. The van der Waals surface area contributed by atoms with Crippen LogP contribution in [0.4, 0.5) is 0 Å². The van der Waals surface area contributed by atoms with Crippen LogP contribution in [0.1, 0.15) is 42.8 Å². The van der Waals surface area contributed by atoms with Gasteiger partial charge in [-0.25, -0.2) is 4.98 Å². The predicted octanol–water partition coefficient (Wildman–Crippen LogP) is 3.16. The quantitative estimate of drug-likeness (QED) is 0.789. The van der Waals surface area contributed by atoms with Crippen LogP contribution in [0.3, 0.4) is 0 Å². The fraction of sp³-hybridized carbons (Fsp3) is 0.842. The second-order valence-corrected chi connectivity index (χ2v) is 9.38. The van der Waals surface area contributed by atoms with E-state index in [1.54, 1.807) is 11.3 Å². The molecule has 1 spiro atoms. The zero-order valence-electron chi connectivity index (χ0n) is 15.2. The van der Waals surface area contributed by atoms with E-state index in [0.717, 1.165) is 19.1 Å². The van der Waals surface area contributed by atoms with Crippen LogP contribution in [0.15, 0.2) is 5.38 Å². The van der Waals surface area contributed by atoms with Gasteiger partial charge in [-0.05, 0) is 63.5 Å². The predicted molar refractivity (Wildman–Crippen MR) is 98.4 cm³/mol. The molecule has 5 heteroatoms. The number of nitrogens with zero attached hydrogens (tertiary/aromatic N) is 3. The van der Waals surface area contributed by atoms with Crippen molar-refractivity contribution in [3.05, 3.63) is 16.1 Å². The van der Waals surface area contributed by atoms with Gasteiger partial charge in [-0.1, -0.05) is 0 Å².